The maximum Gasteiger partial charge on any atom is 0.191 e. The summed E-state index contributed by atoms with van der Waals surface area (Å²) < 4.78 is 26.8. The molecule has 1 aliphatic heterocycles. The molecule has 0 saturated carbocycles. The molecule has 1 aromatic heterocycles. The molecular formula is C17H20F2IN5. The van der Waals surface area contributed by atoms with Crippen LogP contribution in [-0.4, -0.2) is 42.0 Å². The van der Waals surface area contributed by atoms with Crippen molar-refractivity contribution in [3.05, 3.63) is 59.8 Å². The van der Waals surface area contributed by atoms with Crippen molar-refractivity contribution in [2.45, 2.75) is 6.54 Å². The molecule has 0 radical (unpaired) electrons. The van der Waals surface area contributed by atoms with Crippen LogP contribution >= 0.6 is 24.0 Å². The highest BCUT2D eigenvalue weighted by molar-refractivity contribution is 14.0. The highest BCUT2D eigenvalue weighted by Crippen LogP contribution is 2.13. The number of nitrogens with two attached hydrogens (primary N) is 1. The van der Waals surface area contributed by atoms with Crippen molar-refractivity contribution in [2.24, 2.45) is 10.7 Å². The van der Waals surface area contributed by atoms with Crippen LogP contribution in [0.1, 0.15) is 5.56 Å². The van der Waals surface area contributed by atoms with Crippen LogP contribution in [0.4, 0.5) is 14.6 Å². The summed E-state index contributed by atoms with van der Waals surface area (Å²) in [5.41, 5.74) is 6.19. The largest absolute Gasteiger partial charge is 0.370 e. The molecule has 0 amide bonds. The van der Waals surface area contributed by atoms with Crippen molar-refractivity contribution in [3.63, 3.8) is 0 Å². The SMILES string of the molecule is I.NC(=NCc1cc(F)ccc1F)N1CCN(c2ccccn2)CC1. The summed E-state index contributed by atoms with van der Waals surface area (Å²) in [5.74, 6) is 0.325. The van der Waals surface area contributed by atoms with Gasteiger partial charge in [0.15, 0.2) is 5.96 Å². The van der Waals surface area contributed by atoms with Gasteiger partial charge in [-0.3, -0.25) is 0 Å². The number of rotatable bonds is 3. The van der Waals surface area contributed by atoms with Gasteiger partial charge >= 0.3 is 0 Å². The predicted molar refractivity (Wildman–Crippen MR) is 105 cm³/mol. The van der Waals surface area contributed by atoms with E-state index in [2.05, 4.69) is 14.9 Å². The second kappa shape index (κ2) is 8.93. The standard InChI is InChI=1S/C17H19F2N5.HI/c18-14-4-5-15(19)13(11-14)12-22-17(20)24-9-7-23(8-10-24)16-3-1-2-6-21-16;/h1-6,11H,7-10,12H2,(H2,20,22);1H. The Morgan fingerprint density at radius 1 is 1.12 bits per heavy atom. The molecule has 0 atom stereocenters. The number of benzene rings is 1. The maximum atomic E-state index is 13.6. The molecule has 0 aliphatic carbocycles. The predicted octanol–water partition coefficient (Wildman–Crippen LogP) is 2.61. The summed E-state index contributed by atoms with van der Waals surface area (Å²) in [6.07, 6.45) is 1.77. The lowest BCUT2D eigenvalue weighted by Crippen LogP contribution is -2.51. The number of guanidine groups is 1. The summed E-state index contributed by atoms with van der Waals surface area (Å²) >= 11 is 0. The Hall–Kier alpha value is -1.97. The number of hydrogen-bond acceptors (Lipinski definition) is 3. The van der Waals surface area contributed by atoms with Crippen LogP contribution < -0.4 is 10.6 Å². The van der Waals surface area contributed by atoms with Crippen molar-refractivity contribution in [1.29, 1.82) is 0 Å². The zero-order valence-electron chi connectivity index (χ0n) is 13.6. The number of halogens is 3. The fourth-order valence-corrected chi connectivity index (χ4v) is 2.64. The molecule has 2 heterocycles. The first-order chi connectivity index (χ1) is 11.6. The summed E-state index contributed by atoms with van der Waals surface area (Å²) in [6.45, 7) is 2.99. The monoisotopic (exact) mass is 459 g/mol. The summed E-state index contributed by atoms with van der Waals surface area (Å²) in [4.78, 5) is 12.7. The lowest BCUT2D eigenvalue weighted by atomic mass is 10.2. The van der Waals surface area contributed by atoms with Crippen molar-refractivity contribution in [2.75, 3.05) is 31.1 Å². The Morgan fingerprint density at radius 3 is 2.56 bits per heavy atom. The first kappa shape index (κ1) is 19.4. The van der Waals surface area contributed by atoms with Crippen LogP contribution in [0.2, 0.25) is 0 Å². The van der Waals surface area contributed by atoms with E-state index in [1.54, 1.807) is 6.20 Å². The Kier molecular flexibility index (Phi) is 6.91. The normalized spacial score (nSPS) is 15.0. The number of hydrogen-bond donors (Lipinski definition) is 1. The number of piperazine rings is 1. The van der Waals surface area contributed by atoms with E-state index >= 15 is 0 Å². The third-order valence-corrected chi connectivity index (χ3v) is 4.00. The molecule has 1 saturated heterocycles. The minimum atomic E-state index is -0.482. The number of pyridine rings is 1. The van der Waals surface area contributed by atoms with Crippen LogP contribution in [0.3, 0.4) is 0 Å². The van der Waals surface area contributed by atoms with E-state index in [9.17, 15) is 8.78 Å². The molecule has 1 aliphatic rings. The van der Waals surface area contributed by atoms with Crippen LogP contribution in [0.5, 0.6) is 0 Å². The Labute approximate surface area is 162 Å². The minimum Gasteiger partial charge on any atom is -0.370 e. The Balaban J connectivity index is 0.00000225. The van der Waals surface area contributed by atoms with Gasteiger partial charge in [0.05, 0.1) is 6.54 Å². The average molecular weight is 459 g/mol. The summed E-state index contributed by atoms with van der Waals surface area (Å²) in [6, 6.07) is 9.14. The summed E-state index contributed by atoms with van der Waals surface area (Å²) in [7, 11) is 0. The molecule has 5 nitrogen and oxygen atoms in total. The van der Waals surface area contributed by atoms with Crippen LogP contribution in [0.25, 0.3) is 0 Å². The van der Waals surface area contributed by atoms with Gasteiger partial charge in [0.25, 0.3) is 0 Å². The first-order valence-electron chi connectivity index (χ1n) is 7.78. The van der Waals surface area contributed by atoms with Gasteiger partial charge in [0, 0.05) is 37.9 Å². The van der Waals surface area contributed by atoms with Gasteiger partial charge in [-0.2, -0.15) is 0 Å². The highest BCUT2D eigenvalue weighted by Gasteiger charge is 2.19. The lowest BCUT2D eigenvalue weighted by Gasteiger charge is -2.35. The molecule has 134 valence electrons. The fourth-order valence-electron chi connectivity index (χ4n) is 2.64. The third kappa shape index (κ3) is 5.00. The molecule has 1 fully saturated rings. The van der Waals surface area contributed by atoms with Gasteiger partial charge in [-0.1, -0.05) is 6.07 Å². The molecule has 25 heavy (non-hydrogen) atoms. The minimum absolute atomic E-state index is 0. The molecule has 8 heteroatoms. The number of aromatic nitrogens is 1. The molecular weight excluding hydrogens is 439 g/mol. The smallest absolute Gasteiger partial charge is 0.191 e. The lowest BCUT2D eigenvalue weighted by molar-refractivity contribution is 0.379. The quantitative estimate of drug-likeness (QED) is 0.436. The number of nitrogens with zero attached hydrogens (tertiary/aromatic N) is 4. The van der Waals surface area contributed by atoms with Gasteiger partial charge in [-0.25, -0.2) is 18.8 Å². The van der Waals surface area contributed by atoms with Gasteiger partial charge in [-0.05, 0) is 30.3 Å². The Bertz CT molecular complexity index is 718. The van der Waals surface area contributed by atoms with E-state index in [1.807, 2.05) is 23.1 Å². The van der Waals surface area contributed by atoms with E-state index in [0.29, 0.717) is 19.0 Å². The van der Waals surface area contributed by atoms with E-state index in [1.165, 1.54) is 0 Å². The van der Waals surface area contributed by atoms with Gasteiger partial charge in [-0.15, -0.1) is 24.0 Å². The zero-order valence-corrected chi connectivity index (χ0v) is 15.9. The van der Waals surface area contributed by atoms with Gasteiger partial charge in [0.1, 0.15) is 17.5 Å². The van der Waals surface area contributed by atoms with Crippen LogP contribution in [0.15, 0.2) is 47.6 Å². The fraction of sp³-hybridized carbons (Fsp3) is 0.294. The topological polar surface area (TPSA) is 57.8 Å². The molecule has 3 rings (SSSR count). The molecule has 0 spiro atoms. The Morgan fingerprint density at radius 2 is 1.88 bits per heavy atom. The zero-order chi connectivity index (χ0) is 16.9. The van der Waals surface area contributed by atoms with Crippen LogP contribution in [0, 0.1) is 11.6 Å². The average Bonchev–Trinajstić information content (AvgIpc) is 2.63. The molecule has 2 aromatic rings. The molecule has 2 N–H and O–H groups in total. The number of anilines is 1. The van der Waals surface area contributed by atoms with Crippen molar-refractivity contribution in [3.8, 4) is 0 Å². The van der Waals surface area contributed by atoms with Crippen molar-refractivity contribution < 1.29 is 8.78 Å². The van der Waals surface area contributed by atoms with E-state index < -0.39 is 11.6 Å². The second-order valence-electron chi connectivity index (χ2n) is 5.57. The maximum absolute atomic E-state index is 13.6. The van der Waals surface area contributed by atoms with Gasteiger partial charge in [0.2, 0.25) is 0 Å². The number of aliphatic imine (C=N–C) groups is 1. The second-order valence-corrected chi connectivity index (χ2v) is 5.57. The first-order valence-corrected chi connectivity index (χ1v) is 7.78. The van der Waals surface area contributed by atoms with Crippen molar-refractivity contribution >= 4 is 35.8 Å². The highest BCUT2D eigenvalue weighted by atomic mass is 127. The van der Waals surface area contributed by atoms with Crippen LogP contribution in [-0.2, 0) is 6.54 Å². The molecule has 0 bridgehead atoms. The van der Waals surface area contributed by atoms with Gasteiger partial charge < -0.3 is 15.5 Å². The summed E-state index contributed by atoms with van der Waals surface area (Å²) in [5, 5.41) is 0. The van der Waals surface area contributed by atoms with E-state index in [0.717, 1.165) is 37.1 Å². The third-order valence-electron chi connectivity index (χ3n) is 4.00. The van der Waals surface area contributed by atoms with Crippen molar-refractivity contribution in [1.82, 2.24) is 9.88 Å². The van der Waals surface area contributed by atoms with E-state index in [-0.39, 0.29) is 36.1 Å². The molecule has 0 unspecified atom stereocenters. The molecule has 1 aromatic carbocycles. The van der Waals surface area contributed by atoms with E-state index in [4.69, 9.17) is 5.73 Å².